The summed E-state index contributed by atoms with van der Waals surface area (Å²) in [7, 11) is 0. The van der Waals surface area contributed by atoms with Crippen molar-refractivity contribution in [3.05, 3.63) is 28.9 Å². The van der Waals surface area contributed by atoms with Crippen LogP contribution < -0.4 is 5.76 Å². The molecule has 0 aliphatic carbocycles. The van der Waals surface area contributed by atoms with Crippen molar-refractivity contribution in [2.45, 2.75) is 19.1 Å². The van der Waals surface area contributed by atoms with Crippen LogP contribution in [0.2, 0.25) is 0 Å². The van der Waals surface area contributed by atoms with E-state index in [2.05, 4.69) is 4.98 Å². The predicted octanol–water partition coefficient (Wildman–Crippen LogP) is -0.175. The predicted molar refractivity (Wildman–Crippen MR) is 56.5 cm³/mol. The number of aliphatic hydroxyl groups is 1. The van der Waals surface area contributed by atoms with Gasteiger partial charge in [-0.3, -0.25) is 9.36 Å². The van der Waals surface area contributed by atoms with Crippen molar-refractivity contribution >= 4 is 17.2 Å². The number of hydrogen-bond donors (Lipinski definition) is 2. The molecule has 0 aliphatic heterocycles. The minimum absolute atomic E-state index is 0.158. The first-order valence-electron chi connectivity index (χ1n) is 4.92. The number of fused-ring (bicyclic) bond motifs is 1. The molecule has 0 radical (unpaired) electrons. The van der Waals surface area contributed by atoms with E-state index >= 15 is 0 Å². The van der Waals surface area contributed by atoms with Crippen LogP contribution >= 0.6 is 0 Å². The summed E-state index contributed by atoms with van der Waals surface area (Å²) in [5.74, 6) is -1.80. The highest BCUT2D eigenvalue weighted by Crippen LogP contribution is 2.09. The van der Waals surface area contributed by atoms with Crippen LogP contribution in [0.15, 0.2) is 27.5 Å². The van der Waals surface area contributed by atoms with Crippen LogP contribution in [-0.4, -0.2) is 31.8 Å². The van der Waals surface area contributed by atoms with Crippen molar-refractivity contribution in [1.82, 2.24) is 9.55 Å². The highest BCUT2D eigenvalue weighted by molar-refractivity contribution is 5.68. The molecular weight excluding hydrogens is 228 g/mol. The fourth-order valence-electron chi connectivity index (χ4n) is 1.54. The summed E-state index contributed by atoms with van der Waals surface area (Å²) in [4.78, 5) is 25.8. The number of aliphatic carboxylic acids is 1. The highest BCUT2D eigenvalue weighted by Gasteiger charge is 2.16. The molecule has 2 aromatic heterocycles. The van der Waals surface area contributed by atoms with E-state index in [4.69, 9.17) is 9.52 Å². The van der Waals surface area contributed by atoms with Crippen LogP contribution in [-0.2, 0) is 11.3 Å². The molecule has 2 N–H and O–H groups in total. The Bertz CT molecular complexity index is 600. The molecule has 1 unspecified atom stereocenters. The number of carboxylic acid groups (broad SMARTS) is 1. The lowest BCUT2D eigenvalue weighted by Gasteiger charge is -2.07. The van der Waals surface area contributed by atoms with Crippen LogP contribution in [0.3, 0.4) is 0 Å². The Morgan fingerprint density at radius 3 is 3.06 bits per heavy atom. The van der Waals surface area contributed by atoms with E-state index in [0.717, 1.165) is 4.57 Å². The molecule has 0 aromatic carbocycles. The number of aliphatic hydroxyl groups excluding tert-OH is 1. The van der Waals surface area contributed by atoms with Gasteiger partial charge in [0, 0.05) is 6.20 Å². The summed E-state index contributed by atoms with van der Waals surface area (Å²) in [6.07, 6.45) is -0.114. The van der Waals surface area contributed by atoms with Gasteiger partial charge in [-0.05, 0) is 12.1 Å². The van der Waals surface area contributed by atoms with Gasteiger partial charge in [-0.25, -0.2) is 9.78 Å². The van der Waals surface area contributed by atoms with E-state index < -0.39 is 24.3 Å². The molecule has 0 aliphatic rings. The lowest BCUT2D eigenvalue weighted by Crippen LogP contribution is -2.25. The molecule has 2 aromatic rings. The van der Waals surface area contributed by atoms with Gasteiger partial charge in [-0.15, -0.1) is 0 Å². The third kappa shape index (κ3) is 2.34. The number of rotatable bonds is 4. The van der Waals surface area contributed by atoms with Crippen molar-refractivity contribution in [2.24, 2.45) is 0 Å². The molecule has 0 spiro atoms. The lowest BCUT2D eigenvalue weighted by atomic mass is 10.2. The molecular formula is C10H10N2O5. The molecule has 0 saturated carbocycles. The second-order valence-corrected chi connectivity index (χ2v) is 3.56. The number of carbonyl (C=O) groups is 1. The van der Waals surface area contributed by atoms with Gasteiger partial charge in [-0.2, -0.15) is 0 Å². The smallest absolute Gasteiger partial charge is 0.421 e. The molecule has 90 valence electrons. The van der Waals surface area contributed by atoms with E-state index in [1.807, 2.05) is 0 Å². The normalized spacial score (nSPS) is 12.8. The quantitative estimate of drug-likeness (QED) is 0.765. The number of aromatic nitrogens is 2. The number of hydrogen-bond acceptors (Lipinski definition) is 5. The summed E-state index contributed by atoms with van der Waals surface area (Å²) in [6, 6.07) is 3.19. The Morgan fingerprint density at radius 1 is 1.59 bits per heavy atom. The van der Waals surface area contributed by atoms with Crippen LogP contribution in [0, 0.1) is 0 Å². The first-order valence-corrected chi connectivity index (χ1v) is 4.92. The molecule has 2 rings (SSSR count). The fraction of sp³-hybridized carbons (Fsp3) is 0.300. The SMILES string of the molecule is O=C(O)CC(O)Cn1c(=O)oc2cccnc21. The molecule has 0 bridgehead atoms. The van der Waals surface area contributed by atoms with Gasteiger partial charge >= 0.3 is 11.7 Å². The van der Waals surface area contributed by atoms with Crippen LogP contribution in [0.5, 0.6) is 0 Å². The second-order valence-electron chi connectivity index (χ2n) is 3.56. The Hall–Kier alpha value is -2.15. The molecule has 17 heavy (non-hydrogen) atoms. The third-order valence-corrected chi connectivity index (χ3v) is 2.23. The number of oxazole rings is 1. The molecule has 7 heteroatoms. The van der Waals surface area contributed by atoms with Crippen molar-refractivity contribution in [3.63, 3.8) is 0 Å². The summed E-state index contributed by atoms with van der Waals surface area (Å²) in [6.45, 7) is -0.158. The van der Waals surface area contributed by atoms with Gasteiger partial charge in [0.2, 0.25) is 0 Å². The second kappa shape index (κ2) is 4.38. The molecule has 7 nitrogen and oxygen atoms in total. The number of nitrogens with zero attached hydrogens (tertiary/aromatic N) is 2. The molecule has 0 fully saturated rings. The van der Waals surface area contributed by atoms with Gasteiger partial charge in [0.25, 0.3) is 0 Å². The zero-order chi connectivity index (χ0) is 12.4. The first-order chi connectivity index (χ1) is 8.08. The zero-order valence-corrected chi connectivity index (χ0v) is 8.74. The van der Waals surface area contributed by atoms with Crippen LogP contribution in [0.1, 0.15) is 6.42 Å². The van der Waals surface area contributed by atoms with Gasteiger partial charge < -0.3 is 14.6 Å². The standard InChI is InChI=1S/C10H10N2O5/c13-6(4-8(14)15)5-12-9-7(17-10(12)16)2-1-3-11-9/h1-3,6,13H,4-5H2,(H,14,15). The monoisotopic (exact) mass is 238 g/mol. The number of pyridine rings is 1. The summed E-state index contributed by atoms with van der Waals surface area (Å²) >= 11 is 0. The van der Waals surface area contributed by atoms with Crippen molar-refractivity contribution < 1.29 is 19.4 Å². The summed E-state index contributed by atoms with van der Waals surface area (Å²) in [5, 5.41) is 18.0. The third-order valence-electron chi connectivity index (χ3n) is 2.23. The fourth-order valence-corrected chi connectivity index (χ4v) is 1.54. The van der Waals surface area contributed by atoms with Crippen molar-refractivity contribution in [3.8, 4) is 0 Å². The maximum atomic E-state index is 11.5. The lowest BCUT2D eigenvalue weighted by molar-refractivity contribution is -0.139. The van der Waals surface area contributed by atoms with Crippen molar-refractivity contribution in [2.75, 3.05) is 0 Å². The largest absolute Gasteiger partial charge is 0.481 e. The number of carboxylic acids is 1. The Kier molecular flexibility index (Phi) is 2.92. The topological polar surface area (TPSA) is 106 Å². The van der Waals surface area contributed by atoms with E-state index in [1.165, 1.54) is 6.20 Å². The Morgan fingerprint density at radius 2 is 2.35 bits per heavy atom. The average molecular weight is 238 g/mol. The minimum Gasteiger partial charge on any atom is -0.481 e. The molecule has 1 atom stereocenters. The van der Waals surface area contributed by atoms with E-state index in [9.17, 15) is 14.7 Å². The van der Waals surface area contributed by atoms with Crippen molar-refractivity contribution in [1.29, 1.82) is 0 Å². The van der Waals surface area contributed by atoms with E-state index in [0.29, 0.717) is 11.2 Å². The zero-order valence-electron chi connectivity index (χ0n) is 8.74. The maximum Gasteiger partial charge on any atom is 0.421 e. The summed E-state index contributed by atoms with van der Waals surface area (Å²) in [5.41, 5.74) is 0.599. The Labute approximate surface area is 94.9 Å². The van der Waals surface area contributed by atoms with Gasteiger partial charge in [0.1, 0.15) is 0 Å². The summed E-state index contributed by atoms with van der Waals surface area (Å²) < 4.78 is 6.01. The van der Waals surface area contributed by atoms with Gasteiger partial charge in [-0.1, -0.05) is 0 Å². The first kappa shape index (κ1) is 11.3. The highest BCUT2D eigenvalue weighted by atomic mass is 16.4. The van der Waals surface area contributed by atoms with Crippen LogP contribution in [0.25, 0.3) is 11.2 Å². The molecule has 2 heterocycles. The molecule has 0 saturated heterocycles. The average Bonchev–Trinajstić information content (AvgIpc) is 2.55. The van der Waals surface area contributed by atoms with Gasteiger partial charge in [0.15, 0.2) is 11.2 Å². The maximum absolute atomic E-state index is 11.5. The molecule has 0 amide bonds. The van der Waals surface area contributed by atoms with E-state index in [-0.39, 0.29) is 6.54 Å². The van der Waals surface area contributed by atoms with E-state index in [1.54, 1.807) is 12.1 Å². The minimum atomic E-state index is -1.16. The van der Waals surface area contributed by atoms with Crippen LogP contribution in [0.4, 0.5) is 0 Å². The Balaban J connectivity index is 2.32. The van der Waals surface area contributed by atoms with Gasteiger partial charge in [0.05, 0.1) is 19.1 Å².